The van der Waals surface area contributed by atoms with E-state index in [0.29, 0.717) is 10.7 Å². The van der Waals surface area contributed by atoms with Crippen LogP contribution in [0.2, 0.25) is 0 Å². The average molecular weight is 224 g/mol. The number of sulfone groups is 1. The zero-order valence-electron chi connectivity index (χ0n) is 6.69. The van der Waals surface area contributed by atoms with Crippen LogP contribution in [0.25, 0.3) is 0 Å². The minimum Gasteiger partial charge on any atom is -0.411 e. The van der Waals surface area contributed by atoms with E-state index in [2.05, 4.69) is 0 Å². The van der Waals surface area contributed by atoms with Gasteiger partial charge in [-0.05, 0) is 6.42 Å². The number of thiocarbonyl (C=S) groups is 1. The van der Waals surface area contributed by atoms with Crippen molar-refractivity contribution in [2.45, 2.75) is 12.5 Å². The van der Waals surface area contributed by atoms with Crippen LogP contribution in [-0.4, -0.2) is 42.2 Å². The number of hydrogen-bond donors (Lipinski definition) is 0. The number of hydrogen-bond acceptors (Lipinski definition) is 4. The molecule has 0 bridgehead atoms. The Kier molecular flexibility index (Phi) is 2.90. The summed E-state index contributed by atoms with van der Waals surface area (Å²) in [5.41, 5.74) is 0. The first-order valence-corrected chi connectivity index (χ1v) is 6.20. The molecule has 1 rings (SSSR count). The maximum Gasteiger partial charge on any atom is 0.152 e. The highest BCUT2D eigenvalue weighted by Crippen LogP contribution is 2.16. The first-order chi connectivity index (χ1) is 5.42. The van der Waals surface area contributed by atoms with Crippen molar-refractivity contribution in [3.05, 3.63) is 0 Å². The zero-order valence-corrected chi connectivity index (χ0v) is 9.14. The molecule has 1 saturated heterocycles. The molecule has 0 amide bonds. The second-order valence-electron chi connectivity index (χ2n) is 2.93. The van der Waals surface area contributed by atoms with Gasteiger partial charge in [-0.1, -0.05) is 4.32 Å². The van der Waals surface area contributed by atoms with Crippen molar-refractivity contribution in [2.24, 2.45) is 0 Å². The molecular formula is C6H10NO2S3-. The molecule has 0 aliphatic carbocycles. The number of rotatable bonds is 1. The topological polar surface area (TPSA) is 37.4 Å². The molecule has 1 atom stereocenters. The highest BCUT2D eigenvalue weighted by Gasteiger charge is 2.29. The van der Waals surface area contributed by atoms with Crippen LogP contribution in [0.1, 0.15) is 6.42 Å². The SMILES string of the molecule is CN(C(=S)[S-])[C@@H]1CCS(=O)(=O)C1. The molecule has 70 valence electrons. The van der Waals surface area contributed by atoms with E-state index >= 15 is 0 Å². The molecule has 1 heterocycles. The summed E-state index contributed by atoms with van der Waals surface area (Å²) in [6, 6.07) is -0.000000000000000222. The van der Waals surface area contributed by atoms with Crippen molar-refractivity contribution >= 4 is 39.0 Å². The van der Waals surface area contributed by atoms with E-state index in [4.69, 9.17) is 24.8 Å². The van der Waals surface area contributed by atoms with Crippen LogP contribution in [0.15, 0.2) is 0 Å². The van der Waals surface area contributed by atoms with Gasteiger partial charge in [-0.3, -0.25) is 0 Å². The van der Waals surface area contributed by atoms with Crippen LogP contribution in [0.3, 0.4) is 0 Å². The van der Waals surface area contributed by atoms with E-state index in [9.17, 15) is 8.42 Å². The molecule has 1 aliphatic heterocycles. The van der Waals surface area contributed by atoms with Crippen molar-refractivity contribution in [2.75, 3.05) is 18.6 Å². The normalized spacial score (nSPS) is 26.9. The number of nitrogens with zero attached hydrogens (tertiary/aromatic N) is 1. The molecule has 0 spiro atoms. The fourth-order valence-electron chi connectivity index (χ4n) is 1.23. The highest BCUT2D eigenvalue weighted by molar-refractivity contribution is 8.00. The molecule has 0 unspecified atom stereocenters. The van der Waals surface area contributed by atoms with Crippen LogP contribution in [0.4, 0.5) is 0 Å². The van der Waals surface area contributed by atoms with Gasteiger partial charge in [-0.25, -0.2) is 8.42 Å². The van der Waals surface area contributed by atoms with Crippen LogP contribution >= 0.6 is 12.2 Å². The van der Waals surface area contributed by atoms with E-state index in [1.54, 1.807) is 11.9 Å². The second-order valence-corrected chi connectivity index (χ2v) is 6.19. The van der Waals surface area contributed by atoms with E-state index in [-0.39, 0.29) is 17.5 Å². The van der Waals surface area contributed by atoms with E-state index in [1.807, 2.05) is 0 Å². The van der Waals surface area contributed by atoms with Gasteiger partial charge in [-0.15, -0.1) is 0 Å². The quantitative estimate of drug-likeness (QED) is 0.461. The Morgan fingerprint density at radius 3 is 2.58 bits per heavy atom. The summed E-state index contributed by atoms with van der Waals surface area (Å²) in [6.07, 6.45) is 0.648. The van der Waals surface area contributed by atoms with Crippen molar-refractivity contribution in [1.29, 1.82) is 0 Å². The summed E-state index contributed by atoms with van der Waals surface area (Å²) in [6.45, 7) is 0. The highest BCUT2D eigenvalue weighted by atomic mass is 32.2. The lowest BCUT2D eigenvalue weighted by Gasteiger charge is -2.28. The van der Waals surface area contributed by atoms with Gasteiger partial charge in [0, 0.05) is 13.1 Å². The molecule has 0 saturated carbocycles. The average Bonchev–Trinajstić information content (AvgIpc) is 2.28. The summed E-state index contributed by atoms with van der Waals surface area (Å²) in [5, 5.41) is 0. The fraction of sp³-hybridized carbons (Fsp3) is 0.833. The van der Waals surface area contributed by atoms with E-state index in [0.717, 1.165) is 0 Å². The Bertz CT molecular complexity index is 285. The maximum atomic E-state index is 11.1. The first kappa shape index (κ1) is 10.1. The molecule has 0 N–H and O–H groups in total. The summed E-state index contributed by atoms with van der Waals surface area (Å²) >= 11 is 9.55. The molecule has 0 aromatic rings. The molecule has 1 fully saturated rings. The molecule has 1 aliphatic rings. The van der Waals surface area contributed by atoms with Gasteiger partial charge in [0.2, 0.25) is 0 Å². The van der Waals surface area contributed by atoms with Crippen LogP contribution in [-0.2, 0) is 22.5 Å². The Balaban J connectivity index is 2.64. The Morgan fingerprint density at radius 1 is 1.67 bits per heavy atom. The first-order valence-electron chi connectivity index (χ1n) is 3.56. The van der Waals surface area contributed by atoms with Gasteiger partial charge in [0.25, 0.3) is 0 Å². The Morgan fingerprint density at radius 2 is 2.25 bits per heavy atom. The van der Waals surface area contributed by atoms with Gasteiger partial charge in [-0.2, -0.15) is 0 Å². The minimum absolute atomic E-state index is 0.000000000000000222. The third-order valence-corrected chi connectivity index (χ3v) is 4.37. The van der Waals surface area contributed by atoms with Crippen LogP contribution < -0.4 is 0 Å². The molecule has 0 aromatic heterocycles. The predicted molar refractivity (Wildman–Crippen MR) is 54.8 cm³/mol. The fourth-order valence-corrected chi connectivity index (χ4v) is 3.30. The molecule has 0 aromatic carbocycles. The molecule has 12 heavy (non-hydrogen) atoms. The van der Waals surface area contributed by atoms with Crippen molar-refractivity contribution in [3.8, 4) is 0 Å². The van der Waals surface area contributed by atoms with Gasteiger partial charge in [0.1, 0.15) is 0 Å². The monoisotopic (exact) mass is 224 g/mol. The molecule has 3 nitrogen and oxygen atoms in total. The Labute approximate surface area is 83.5 Å². The third kappa shape index (κ3) is 2.27. The maximum absolute atomic E-state index is 11.1. The van der Waals surface area contributed by atoms with Gasteiger partial charge >= 0.3 is 0 Å². The smallest absolute Gasteiger partial charge is 0.152 e. The summed E-state index contributed by atoms with van der Waals surface area (Å²) in [4.78, 5) is 1.69. The van der Waals surface area contributed by atoms with Crippen molar-refractivity contribution in [1.82, 2.24) is 4.90 Å². The van der Waals surface area contributed by atoms with E-state index in [1.165, 1.54) is 0 Å². The van der Waals surface area contributed by atoms with Gasteiger partial charge in [0.15, 0.2) is 9.84 Å². The molecule has 0 radical (unpaired) electrons. The van der Waals surface area contributed by atoms with Crippen molar-refractivity contribution in [3.63, 3.8) is 0 Å². The summed E-state index contributed by atoms with van der Waals surface area (Å²) in [7, 11) is -1.07. The minimum atomic E-state index is -2.82. The van der Waals surface area contributed by atoms with Crippen LogP contribution in [0.5, 0.6) is 0 Å². The van der Waals surface area contributed by atoms with Crippen LogP contribution in [0, 0.1) is 0 Å². The summed E-state index contributed by atoms with van der Waals surface area (Å²) in [5.74, 6) is 0.459. The second kappa shape index (κ2) is 3.43. The van der Waals surface area contributed by atoms with Crippen molar-refractivity contribution < 1.29 is 8.42 Å². The van der Waals surface area contributed by atoms with Gasteiger partial charge in [0.05, 0.1) is 11.5 Å². The standard InChI is InChI=1S/C6H11NO2S3/c1-7(6(10)11)5-2-3-12(8,9)4-5/h5H,2-4H2,1H3,(H,10,11)/p-1/t5-/m1/s1. The van der Waals surface area contributed by atoms with Gasteiger partial charge < -0.3 is 29.7 Å². The molecular weight excluding hydrogens is 214 g/mol. The third-order valence-electron chi connectivity index (χ3n) is 2.04. The largest absolute Gasteiger partial charge is 0.411 e. The lowest BCUT2D eigenvalue weighted by molar-refractivity contribution is 0.409. The lowest BCUT2D eigenvalue weighted by atomic mass is 10.2. The van der Waals surface area contributed by atoms with E-state index < -0.39 is 9.84 Å². The zero-order chi connectivity index (χ0) is 9.35. The Hall–Kier alpha value is 0.0600. The summed E-state index contributed by atoms with van der Waals surface area (Å²) < 4.78 is 22.5. The molecule has 6 heteroatoms. The lowest BCUT2D eigenvalue weighted by Crippen LogP contribution is -2.35. The predicted octanol–water partition coefficient (Wildman–Crippen LogP) is -0.0629.